The second-order valence-corrected chi connectivity index (χ2v) is 9.08. The summed E-state index contributed by atoms with van der Waals surface area (Å²) < 4.78 is 13.6. The summed E-state index contributed by atoms with van der Waals surface area (Å²) in [5.41, 5.74) is 6.82. The average Bonchev–Trinajstić information content (AvgIpc) is 3.09. The van der Waals surface area contributed by atoms with E-state index in [1.54, 1.807) is 6.07 Å². The Kier molecular flexibility index (Phi) is 6.72. The largest absolute Gasteiger partial charge is 0.395 e. The lowest BCUT2D eigenvalue weighted by Crippen LogP contribution is -2.49. The number of hydrogen-bond donors (Lipinski definition) is 2. The Morgan fingerprint density at radius 1 is 1.12 bits per heavy atom. The number of β-amino-alcohol motifs (C(OH)–C–C–N with tert-alkyl or cyclic N) is 1. The number of amides is 1. The van der Waals surface area contributed by atoms with Gasteiger partial charge in [0.2, 0.25) is 0 Å². The van der Waals surface area contributed by atoms with E-state index in [4.69, 9.17) is 0 Å². The van der Waals surface area contributed by atoms with Gasteiger partial charge in [0.05, 0.1) is 17.8 Å². The Balaban J connectivity index is 1.66. The maximum atomic E-state index is 13.6. The Hall–Kier alpha value is -2.90. The fourth-order valence-corrected chi connectivity index (χ4v) is 4.64. The van der Waals surface area contributed by atoms with Crippen molar-refractivity contribution in [1.82, 2.24) is 14.8 Å². The van der Waals surface area contributed by atoms with Crippen molar-refractivity contribution in [2.24, 2.45) is 0 Å². The number of aromatic amines is 1. The smallest absolute Gasteiger partial charge is 0.254 e. The Morgan fingerprint density at radius 2 is 1.85 bits per heavy atom. The summed E-state index contributed by atoms with van der Waals surface area (Å²) in [5, 5.41) is 10.2. The molecule has 6 nitrogen and oxygen atoms in total. The van der Waals surface area contributed by atoms with Gasteiger partial charge in [0.15, 0.2) is 0 Å². The van der Waals surface area contributed by atoms with Crippen LogP contribution in [0.5, 0.6) is 0 Å². The van der Waals surface area contributed by atoms with Crippen LogP contribution in [0.15, 0.2) is 30.3 Å². The lowest BCUT2D eigenvalue weighted by molar-refractivity contribution is 0.0615. The molecular formula is C26H33FN4O2. The maximum Gasteiger partial charge on any atom is 0.254 e. The lowest BCUT2D eigenvalue weighted by atomic mass is 10.0. The molecule has 4 rings (SSSR count). The van der Waals surface area contributed by atoms with E-state index in [1.807, 2.05) is 44.0 Å². The highest BCUT2D eigenvalue weighted by atomic mass is 19.1. The molecule has 1 fully saturated rings. The summed E-state index contributed by atoms with van der Waals surface area (Å²) in [5.74, 6) is -0.199. The fourth-order valence-electron chi connectivity index (χ4n) is 4.64. The highest BCUT2D eigenvalue weighted by Crippen LogP contribution is 2.33. The van der Waals surface area contributed by atoms with Crippen molar-refractivity contribution in [1.29, 1.82) is 0 Å². The second-order valence-electron chi connectivity index (χ2n) is 9.08. The number of anilines is 1. The molecule has 1 saturated heterocycles. The first-order valence-corrected chi connectivity index (χ1v) is 11.5. The van der Waals surface area contributed by atoms with Crippen LogP contribution in [0.4, 0.5) is 10.1 Å². The highest BCUT2D eigenvalue weighted by molar-refractivity contribution is 6.04. The van der Waals surface area contributed by atoms with Crippen LogP contribution in [0.25, 0.3) is 10.9 Å². The molecule has 0 atom stereocenters. The van der Waals surface area contributed by atoms with Crippen LogP contribution in [0.1, 0.15) is 32.7 Å². The summed E-state index contributed by atoms with van der Waals surface area (Å²) in [4.78, 5) is 23.1. The molecule has 1 aliphatic heterocycles. The van der Waals surface area contributed by atoms with Crippen LogP contribution in [0, 0.1) is 26.6 Å². The second kappa shape index (κ2) is 9.53. The minimum atomic E-state index is -0.233. The number of nitrogens with one attached hydrogen (secondary N) is 1. The van der Waals surface area contributed by atoms with E-state index >= 15 is 0 Å². The number of nitrogens with zero attached hydrogens (tertiary/aromatic N) is 3. The molecule has 7 heteroatoms. The molecule has 0 radical (unpaired) electrons. The zero-order valence-corrected chi connectivity index (χ0v) is 19.9. The molecule has 0 saturated carbocycles. The average molecular weight is 453 g/mol. The first-order valence-electron chi connectivity index (χ1n) is 11.5. The van der Waals surface area contributed by atoms with E-state index in [0.717, 1.165) is 52.1 Å². The third-order valence-electron chi connectivity index (χ3n) is 6.84. The van der Waals surface area contributed by atoms with Crippen molar-refractivity contribution < 1.29 is 14.3 Å². The van der Waals surface area contributed by atoms with E-state index < -0.39 is 0 Å². The van der Waals surface area contributed by atoms with Gasteiger partial charge in [-0.2, -0.15) is 0 Å². The molecule has 0 bridgehead atoms. The Morgan fingerprint density at radius 3 is 2.52 bits per heavy atom. The summed E-state index contributed by atoms with van der Waals surface area (Å²) in [7, 11) is 2.00. The number of hydrogen-bond acceptors (Lipinski definition) is 4. The minimum Gasteiger partial charge on any atom is -0.395 e. The number of H-pyrrole nitrogens is 1. The number of aliphatic hydroxyl groups excluding tert-OH is 1. The molecule has 33 heavy (non-hydrogen) atoms. The van der Waals surface area contributed by atoms with Gasteiger partial charge < -0.3 is 19.9 Å². The Labute approximate surface area is 194 Å². The number of aliphatic hydroxyl groups is 1. The standard InChI is InChI=1S/C26H33FN4O2/c1-17-13-22(27)6-5-20(17)16-29(4)24-15-21(14-23-18(2)19(3)28-25(23)24)26(33)31-9-7-30(8-10-31)11-12-32/h5-6,13-15,28,32H,7-12,16H2,1-4H3. The highest BCUT2D eigenvalue weighted by Gasteiger charge is 2.24. The molecule has 2 N–H and O–H groups in total. The monoisotopic (exact) mass is 452 g/mol. The van der Waals surface area contributed by atoms with Crippen LogP contribution >= 0.6 is 0 Å². The van der Waals surface area contributed by atoms with Crippen LogP contribution in [-0.4, -0.2) is 72.2 Å². The van der Waals surface area contributed by atoms with Gasteiger partial charge in [0, 0.05) is 63.0 Å². The van der Waals surface area contributed by atoms with Crippen LogP contribution in [-0.2, 0) is 6.54 Å². The predicted molar refractivity (Wildman–Crippen MR) is 130 cm³/mol. The Bertz CT molecular complexity index is 1160. The normalized spacial score (nSPS) is 14.8. The predicted octanol–water partition coefficient (Wildman–Crippen LogP) is 3.62. The molecule has 0 spiro atoms. The molecule has 0 unspecified atom stereocenters. The summed E-state index contributed by atoms with van der Waals surface area (Å²) in [6.45, 7) is 10.3. The van der Waals surface area contributed by atoms with Crippen molar-refractivity contribution in [2.45, 2.75) is 27.3 Å². The van der Waals surface area contributed by atoms with E-state index in [2.05, 4.69) is 21.7 Å². The van der Waals surface area contributed by atoms with Crippen molar-refractivity contribution in [3.8, 4) is 0 Å². The molecule has 1 amide bonds. The van der Waals surface area contributed by atoms with Gasteiger partial charge in [-0.15, -0.1) is 0 Å². The topological polar surface area (TPSA) is 62.8 Å². The number of piperazine rings is 1. The number of aromatic nitrogens is 1. The van der Waals surface area contributed by atoms with Gasteiger partial charge in [0.25, 0.3) is 5.91 Å². The third kappa shape index (κ3) is 4.75. The molecule has 1 aromatic heterocycles. The summed E-state index contributed by atoms with van der Waals surface area (Å²) in [6, 6.07) is 8.84. The van der Waals surface area contributed by atoms with Crippen molar-refractivity contribution >= 4 is 22.5 Å². The quantitative estimate of drug-likeness (QED) is 0.600. The number of carbonyl (C=O) groups excluding carboxylic acids is 1. The SMILES string of the molecule is Cc1cc(F)ccc1CN(C)c1cc(C(=O)N2CCN(CCO)CC2)cc2c(C)c(C)[nH]c12. The number of halogens is 1. The molecule has 1 aliphatic rings. The fraction of sp³-hybridized carbons (Fsp3) is 0.423. The number of carbonyl (C=O) groups is 1. The summed E-state index contributed by atoms with van der Waals surface area (Å²) >= 11 is 0. The van der Waals surface area contributed by atoms with Gasteiger partial charge in [-0.05, 0) is 61.7 Å². The number of benzene rings is 2. The maximum absolute atomic E-state index is 13.6. The molecule has 176 valence electrons. The van der Waals surface area contributed by atoms with Gasteiger partial charge >= 0.3 is 0 Å². The zero-order chi connectivity index (χ0) is 23.7. The molecule has 3 aromatic rings. The third-order valence-corrected chi connectivity index (χ3v) is 6.84. The van der Waals surface area contributed by atoms with Crippen LogP contribution in [0.3, 0.4) is 0 Å². The van der Waals surface area contributed by atoms with Gasteiger partial charge in [-0.25, -0.2) is 4.39 Å². The molecule has 2 aromatic carbocycles. The van der Waals surface area contributed by atoms with E-state index in [-0.39, 0.29) is 18.3 Å². The molecule has 0 aliphatic carbocycles. The van der Waals surface area contributed by atoms with Crippen molar-refractivity contribution in [3.05, 3.63) is 64.1 Å². The van der Waals surface area contributed by atoms with E-state index in [9.17, 15) is 14.3 Å². The number of aryl methyl sites for hydroxylation is 3. The molecular weight excluding hydrogens is 419 g/mol. The van der Waals surface area contributed by atoms with Gasteiger partial charge in [0.1, 0.15) is 5.82 Å². The van der Waals surface area contributed by atoms with Crippen molar-refractivity contribution in [2.75, 3.05) is 51.3 Å². The van der Waals surface area contributed by atoms with Crippen LogP contribution < -0.4 is 4.90 Å². The van der Waals surface area contributed by atoms with E-state index in [1.165, 1.54) is 6.07 Å². The number of fused-ring (bicyclic) bond motifs is 1. The van der Waals surface area contributed by atoms with E-state index in [0.29, 0.717) is 31.7 Å². The summed E-state index contributed by atoms with van der Waals surface area (Å²) in [6.07, 6.45) is 0. The first-order chi connectivity index (χ1) is 15.8. The van der Waals surface area contributed by atoms with Crippen LogP contribution in [0.2, 0.25) is 0 Å². The van der Waals surface area contributed by atoms with Gasteiger partial charge in [-0.1, -0.05) is 6.07 Å². The molecule has 2 heterocycles. The zero-order valence-electron chi connectivity index (χ0n) is 19.9. The lowest BCUT2D eigenvalue weighted by Gasteiger charge is -2.34. The first kappa shape index (κ1) is 23.3. The van der Waals surface area contributed by atoms with Crippen molar-refractivity contribution in [3.63, 3.8) is 0 Å². The minimum absolute atomic E-state index is 0.0337. The van der Waals surface area contributed by atoms with Gasteiger partial charge in [-0.3, -0.25) is 9.69 Å². The number of rotatable bonds is 6.